The van der Waals surface area contributed by atoms with E-state index in [-0.39, 0.29) is 5.41 Å². The molecular weight excluding hydrogens is 529 g/mol. The van der Waals surface area contributed by atoms with Gasteiger partial charge in [-0.3, -0.25) is 4.98 Å². The van der Waals surface area contributed by atoms with E-state index in [2.05, 4.69) is 146 Å². The van der Waals surface area contributed by atoms with Crippen molar-refractivity contribution < 1.29 is 0 Å². The number of benzene rings is 4. The maximum Gasteiger partial charge on any atom is 0.0404 e. The number of allylic oxidation sites excluding steroid dienone is 3. The molecular formula is C39H30N2S. The summed E-state index contributed by atoms with van der Waals surface area (Å²) in [7, 11) is 0. The number of aromatic nitrogens is 1. The van der Waals surface area contributed by atoms with E-state index in [9.17, 15) is 0 Å². The number of hydrogen-bond donors (Lipinski definition) is 1. The second-order valence-electron chi connectivity index (χ2n) is 11.7. The van der Waals surface area contributed by atoms with Crippen LogP contribution in [0.5, 0.6) is 0 Å². The van der Waals surface area contributed by atoms with E-state index >= 15 is 0 Å². The van der Waals surface area contributed by atoms with Crippen molar-refractivity contribution in [2.24, 2.45) is 5.41 Å². The van der Waals surface area contributed by atoms with Crippen LogP contribution >= 0.6 is 11.8 Å². The van der Waals surface area contributed by atoms with E-state index in [0.717, 1.165) is 6.54 Å². The van der Waals surface area contributed by atoms with Crippen LogP contribution < -0.4 is 5.32 Å². The monoisotopic (exact) mass is 558 g/mol. The molecule has 1 aromatic heterocycles. The van der Waals surface area contributed by atoms with E-state index in [1.54, 1.807) is 0 Å². The Bertz CT molecular complexity index is 1910. The van der Waals surface area contributed by atoms with Crippen molar-refractivity contribution in [2.45, 2.75) is 23.6 Å². The third kappa shape index (κ3) is 3.92. The summed E-state index contributed by atoms with van der Waals surface area (Å²) >= 11 is 1.88. The van der Waals surface area contributed by atoms with E-state index in [4.69, 9.17) is 0 Å². The topological polar surface area (TPSA) is 24.9 Å². The summed E-state index contributed by atoms with van der Waals surface area (Å²) in [5, 5.41) is 3.50. The molecule has 0 amide bonds. The summed E-state index contributed by atoms with van der Waals surface area (Å²) in [6.07, 6.45) is 8.38. The lowest BCUT2D eigenvalue weighted by Gasteiger charge is -2.27. The summed E-state index contributed by atoms with van der Waals surface area (Å²) in [4.78, 5) is 7.18. The lowest BCUT2D eigenvalue weighted by Crippen LogP contribution is -2.19. The van der Waals surface area contributed by atoms with Crippen molar-refractivity contribution in [1.82, 2.24) is 10.3 Å². The molecule has 0 spiro atoms. The molecule has 3 aliphatic rings. The predicted octanol–water partition coefficient (Wildman–Crippen LogP) is 9.91. The summed E-state index contributed by atoms with van der Waals surface area (Å²) in [5.74, 6) is 0. The van der Waals surface area contributed by atoms with Gasteiger partial charge in [-0.05, 0) is 97.8 Å². The van der Waals surface area contributed by atoms with Crippen LogP contribution in [0.2, 0.25) is 0 Å². The molecule has 8 rings (SSSR count). The molecule has 0 bridgehead atoms. The highest BCUT2D eigenvalue weighted by Crippen LogP contribution is 2.60. The normalized spacial score (nSPS) is 16.2. The molecule has 1 aliphatic carbocycles. The van der Waals surface area contributed by atoms with Gasteiger partial charge < -0.3 is 5.32 Å². The van der Waals surface area contributed by atoms with Gasteiger partial charge in [-0.1, -0.05) is 104 Å². The standard InChI is InChI=1S/C39H30N2S/c1-39(2)34-16-18-40-23-32(34)36-31-15-9-14-30(38(31)42-35-17-19-41-24-33(35)37(36)39)29-21-27(25-10-5-3-6-11-25)20-28(22-29)26-12-7-4-8-13-26/h3-22,24,40H,23H2,1-2H3. The minimum Gasteiger partial charge on any atom is -0.387 e. The Hall–Kier alpha value is -4.60. The molecule has 0 fully saturated rings. The average molecular weight is 559 g/mol. The van der Waals surface area contributed by atoms with Gasteiger partial charge in [-0.25, -0.2) is 0 Å². The van der Waals surface area contributed by atoms with Crippen molar-refractivity contribution in [3.8, 4) is 33.4 Å². The smallest absolute Gasteiger partial charge is 0.0404 e. The lowest BCUT2D eigenvalue weighted by molar-refractivity contribution is 0.617. The van der Waals surface area contributed by atoms with Crippen LogP contribution in [-0.4, -0.2) is 11.5 Å². The minimum absolute atomic E-state index is 0.118. The quantitative estimate of drug-likeness (QED) is 0.239. The van der Waals surface area contributed by atoms with Crippen LogP contribution in [0.15, 0.2) is 149 Å². The van der Waals surface area contributed by atoms with Crippen LogP contribution in [0.1, 0.15) is 25.0 Å². The Morgan fingerprint density at radius 1 is 0.690 bits per heavy atom. The predicted molar refractivity (Wildman–Crippen MR) is 176 cm³/mol. The number of fused-ring (bicyclic) bond motifs is 5. The van der Waals surface area contributed by atoms with Gasteiger partial charge in [-0.15, -0.1) is 0 Å². The average Bonchev–Trinajstić information content (AvgIpc) is 3.17. The van der Waals surface area contributed by atoms with Gasteiger partial charge in [0.2, 0.25) is 0 Å². The zero-order valence-electron chi connectivity index (χ0n) is 23.7. The summed E-state index contributed by atoms with van der Waals surface area (Å²) in [5.41, 5.74) is 15.4. The Morgan fingerprint density at radius 2 is 1.36 bits per heavy atom. The molecule has 4 aromatic carbocycles. The van der Waals surface area contributed by atoms with Crippen molar-refractivity contribution >= 4 is 22.9 Å². The number of hydrogen-bond acceptors (Lipinski definition) is 3. The van der Waals surface area contributed by atoms with Crippen LogP contribution in [0.4, 0.5) is 0 Å². The van der Waals surface area contributed by atoms with Gasteiger partial charge in [0.1, 0.15) is 0 Å². The highest BCUT2D eigenvalue weighted by molar-refractivity contribution is 7.99. The lowest BCUT2D eigenvalue weighted by atomic mass is 9.77. The molecule has 2 aliphatic heterocycles. The van der Waals surface area contributed by atoms with Crippen LogP contribution in [0.3, 0.4) is 0 Å². The molecule has 2 nitrogen and oxygen atoms in total. The molecule has 0 saturated heterocycles. The third-order valence-corrected chi connectivity index (χ3v) is 10.0. The molecule has 3 heteroatoms. The summed E-state index contributed by atoms with van der Waals surface area (Å²) in [6, 6.07) is 37.5. The highest BCUT2D eigenvalue weighted by atomic mass is 32.2. The first-order chi connectivity index (χ1) is 20.6. The largest absolute Gasteiger partial charge is 0.387 e. The Kier molecular flexibility index (Phi) is 5.84. The second kappa shape index (κ2) is 9.75. The molecule has 0 saturated carbocycles. The van der Waals surface area contributed by atoms with Gasteiger partial charge in [-0.2, -0.15) is 0 Å². The van der Waals surface area contributed by atoms with E-state index in [0.29, 0.717) is 0 Å². The van der Waals surface area contributed by atoms with Crippen molar-refractivity contribution in [3.05, 3.63) is 150 Å². The first kappa shape index (κ1) is 25.1. The Labute approximate surface area is 251 Å². The highest BCUT2D eigenvalue weighted by Gasteiger charge is 2.43. The first-order valence-electron chi connectivity index (χ1n) is 14.5. The van der Waals surface area contributed by atoms with E-state index in [1.165, 1.54) is 76.6 Å². The third-order valence-electron chi connectivity index (χ3n) is 8.83. The maximum atomic E-state index is 4.62. The zero-order chi connectivity index (χ0) is 28.3. The fraction of sp³-hybridized carbons (Fsp3) is 0.103. The number of pyridine rings is 1. The summed E-state index contributed by atoms with van der Waals surface area (Å²) < 4.78 is 0. The number of rotatable bonds is 3. The van der Waals surface area contributed by atoms with Crippen molar-refractivity contribution in [2.75, 3.05) is 6.54 Å². The molecule has 0 atom stereocenters. The van der Waals surface area contributed by atoms with Crippen molar-refractivity contribution in [3.63, 3.8) is 0 Å². The fourth-order valence-electron chi connectivity index (χ4n) is 6.89. The second-order valence-corrected chi connectivity index (χ2v) is 12.7. The van der Waals surface area contributed by atoms with Crippen LogP contribution in [0.25, 0.3) is 44.5 Å². The maximum absolute atomic E-state index is 4.62. The molecule has 0 unspecified atom stereocenters. The van der Waals surface area contributed by atoms with E-state index < -0.39 is 0 Å². The molecule has 42 heavy (non-hydrogen) atoms. The van der Waals surface area contributed by atoms with Crippen LogP contribution in [0, 0.1) is 5.41 Å². The van der Waals surface area contributed by atoms with Gasteiger partial charge in [0.15, 0.2) is 0 Å². The summed E-state index contributed by atoms with van der Waals surface area (Å²) in [6.45, 7) is 5.57. The fourth-order valence-corrected chi connectivity index (χ4v) is 8.08. The van der Waals surface area contributed by atoms with E-state index in [1.807, 2.05) is 18.0 Å². The molecule has 202 valence electrons. The number of nitrogens with zero attached hydrogens (tertiary/aromatic N) is 1. The zero-order valence-corrected chi connectivity index (χ0v) is 24.5. The molecule has 3 heterocycles. The van der Waals surface area contributed by atoms with Gasteiger partial charge >= 0.3 is 0 Å². The first-order valence-corrected chi connectivity index (χ1v) is 15.3. The van der Waals surface area contributed by atoms with Gasteiger partial charge in [0.25, 0.3) is 0 Å². The minimum atomic E-state index is -0.118. The van der Waals surface area contributed by atoms with Crippen LogP contribution in [-0.2, 0) is 0 Å². The Morgan fingerprint density at radius 3 is 2.07 bits per heavy atom. The number of nitrogens with one attached hydrogen (secondary N) is 1. The van der Waals surface area contributed by atoms with Gasteiger partial charge in [0, 0.05) is 39.7 Å². The molecule has 0 radical (unpaired) electrons. The van der Waals surface area contributed by atoms with Gasteiger partial charge in [0.05, 0.1) is 0 Å². The molecule has 5 aromatic rings. The Balaban J connectivity index is 1.41. The number of dihydropyridines is 1. The SMILES string of the molecule is CC1(C)C2=C(CNC=C2)C2=C1c1cnccc1Sc1c2cccc1-c1cc(-c2ccccc2)cc(-c2ccccc2)c1. The molecule has 1 N–H and O–H groups in total. The van der Waals surface area contributed by atoms with Crippen molar-refractivity contribution in [1.29, 1.82) is 0 Å².